The molecule has 0 spiro atoms. The Bertz CT molecular complexity index is 3730. The molecule has 11 rings (SSSR count). The smallest absolute Gasteiger partial charge is 0.240 e. The van der Waals surface area contributed by atoms with Gasteiger partial charge in [-0.3, -0.25) is 9.13 Å². The largest absolute Gasteiger partial charge is 0.278 e. The molecule has 0 bridgehead atoms. The Labute approximate surface area is 318 Å². The van der Waals surface area contributed by atoms with Crippen LogP contribution < -0.4 is 0 Å². The maximum Gasteiger partial charge on any atom is 0.240 e. The normalized spacial score (nSPS) is 16.3. The molecule has 0 radical (unpaired) electrons. The zero-order valence-corrected chi connectivity index (χ0v) is 26.8. The average molecular weight is 686 g/mol. The molecule has 4 heterocycles. The van der Waals surface area contributed by atoms with E-state index in [1.807, 2.05) is 36.4 Å². The Kier molecular flexibility index (Phi) is 3.61. The number of benzene rings is 7. The van der Waals surface area contributed by atoms with E-state index in [0.717, 1.165) is 40.4 Å². The lowest BCUT2D eigenvalue weighted by atomic mass is 10.0. The highest BCUT2D eigenvalue weighted by molar-refractivity contribution is 7.26. The first kappa shape index (κ1) is 16.9. The zero-order chi connectivity index (χ0) is 47.4. The summed E-state index contributed by atoms with van der Waals surface area (Å²) in [5.74, 6) is -1.03. The van der Waals surface area contributed by atoms with Crippen LogP contribution in [0.25, 0.3) is 98.2 Å². The highest BCUT2D eigenvalue weighted by Crippen LogP contribution is 2.40. The average Bonchev–Trinajstić information content (AvgIpc) is 4.03. The molecule has 7 aromatic carbocycles. The molecule has 0 aliphatic heterocycles. The second-order valence-corrected chi connectivity index (χ2v) is 12.7. The van der Waals surface area contributed by atoms with E-state index < -0.39 is 109 Å². The first-order valence-corrected chi connectivity index (χ1v) is 16.6. The number of hydrogen-bond donors (Lipinski definition) is 0. The molecular weight excluding hydrogens is 643 g/mol. The summed E-state index contributed by atoms with van der Waals surface area (Å²) in [6.07, 6.45) is 0. The molecular formula is C45H27N5S. The van der Waals surface area contributed by atoms with Gasteiger partial charge in [0.05, 0.1) is 44.0 Å². The van der Waals surface area contributed by atoms with E-state index in [9.17, 15) is 0 Å². The van der Waals surface area contributed by atoms with Crippen LogP contribution in [0, 0.1) is 0 Å². The fourth-order valence-corrected chi connectivity index (χ4v) is 7.94. The third kappa shape index (κ3) is 4.24. The fourth-order valence-electron chi connectivity index (χ4n) is 6.70. The SMILES string of the molecule is [2H]c1c([2H])c([2H])c2c(c1[2H])c1c([2H])c([2H])c([2H])c([2H])c1n2-c1nc(-c2ccc(-c3cccc4c3sc3ccccc34)cc2)nc(-n2c3c([2H])c([2H])c([2H])c([2H])c3c3c([2H])c([2H])c([2H])c([2H])c32)n1. The minimum Gasteiger partial charge on any atom is -0.278 e. The van der Waals surface area contributed by atoms with E-state index in [4.69, 9.17) is 36.9 Å². The summed E-state index contributed by atoms with van der Waals surface area (Å²) in [7, 11) is 0. The van der Waals surface area contributed by atoms with Gasteiger partial charge in [-0.15, -0.1) is 11.3 Å². The fraction of sp³-hybridized carbons (Fsp3) is 0. The summed E-state index contributed by atoms with van der Waals surface area (Å²) in [6, 6.07) is 10.9. The predicted octanol–water partition coefficient (Wildman–Crippen LogP) is 11.8. The van der Waals surface area contributed by atoms with Gasteiger partial charge in [0, 0.05) is 47.3 Å². The van der Waals surface area contributed by atoms with Crippen LogP contribution in [0.4, 0.5) is 0 Å². The molecule has 0 aliphatic rings. The molecule has 0 N–H and O–H groups in total. The predicted molar refractivity (Wildman–Crippen MR) is 212 cm³/mol. The van der Waals surface area contributed by atoms with Gasteiger partial charge in [-0.2, -0.15) is 15.0 Å². The van der Waals surface area contributed by atoms with Gasteiger partial charge >= 0.3 is 0 Å². The Morgan fingerprint density at radius 1 is 0.431 bits per heavy atom. The van der Waals surface area contributed by atoms with E-state index in [1.165, 1.54) is 0 Å². The molecule has 51 heavy (non-hydrogen) atoms. The van der Waals surface area contributed by atoms with Crippen molar-refractivity contribution in [1.29, 1.82) is 0 Å². The summed E-state index contributed by atoms with van der Waals surface area (Å²) >= 11 is 1.65. The van der Waals surface area contributed by atoms with Crippen molar-refractivity contribution in [3.05, 3.63) is 163 Å². The molecule has 0 saturated carbocycles. The van der Waals surface area contributed by atoms with Crippen molar-refractivity contribution in [1.82, 2.24) is 24.1 Å². The Hall–Kier alpha value is -6.63. The van der Waals surface area contributed by atoms with Crippen LogP contribution in [0.3, 0.4) is 0 Å². The van der Waals surface area contributed by atoms with E-state index in [2.05, 4.69) is 18.2 Å². The van der Waals surface area contributed by atoms with Crippen LogP contribution in [0.1, 0.15) is 21.9 Å². The number of para-hydroxylation sites is 4. The highest BCUT2D eigenvalue weighted by atomic mass is 32.1. The Morgan fingerprint density at radius 2 is 0.902 bits per heavy atom. The Morgan fingerprint density at radius 3 is 1.45 bits per heavy atom. The summed E-state index contributed by atoms with van der Waals surface area (Å²) in [5, 5.41) is 1.18. The highest BCUT2D eigenvalue weighted by Gasteiger charge is 2.20. The second-order valence-electron chi connectivity index (χ2n) is 11.7. The minimum atomic E-state index is -0.690. The summed E-state index contributed by atoms with van der Waals surface area (Å²) in [4.78, 5) is 14.4. The molecule has 0 fully saturated rings. The maximum absolute atomic E-state index is 9.14. The van der Waals surface area contributed by atoms with Gasteiger partial charge in [-0.1, -0.05) is 133 Å². The number of fused-ring (bicyclic) bond motifs is 9. The number of hydrogen-bond acceptors (Lipinski definition) is 4. The van der Waals surface area contributed by atoms with Gasteiger partial charge < -0.3 is 0 Å². The second kappa shape index (κ2) is 10.9. The molecule has 11 aromatic rings. The first-order valence-electron chi connectivity index (χ1n) is 23.7. The molecule has 4 aromatic heterocycles. The quantitative estimate of drug-likeness (QED) is 0.185. The molecule has 0 unspecified atom stereocenters. The summed E-state index contributed by atoms with van der Waals surface area (Å²) in [5.41, 5.74) is 0.876. The third-order valence-corrected chi connectivity index (χ3v) is 10.2. The van der Waals surface area contributed by atoms with Crippen molar-refractivity contribution in [2.75, 3.05) is 0 Å². The Balaban J connectivity index is 1.28. The van der Waals surface area contributed by atoms with Gasteiger partial charge in [0.15, 0.2) is 5.82 Å². The van der Waals surface area contributed by atoms with Gasteiger partial charge in [0.1, 0.15) is 0 Å². The van der Waals surface area contributed by atoms with Crippen molar-refractivity contribution >= 4 is 75.1 Å². The number of thiophene rings is 1. The molecule has 0 saturated heterocycles. The monoisotopic (exact) mass is 685 g/mol. The van der Waals surface area contributed by atoms with Crippen molar-refractivity contribution in [3.8, 4) is 34.4 Å². The van der Waals surface area contributed by atoms with Crippen LogP contribution in [0.2, 0.25) is 0 Å². The lowest BCUT2D eigenvalue weighted by molar-refractivity contribution is 0.893. The van der Waals surface area contributed by atoms with E-state index in [-0.39, 0.29) is 49.4 Å². The lowest BCUT2D eigenvalue weighted by Gasteiger charge is -2.13. The number of rotatable bonds is 4. The van der Waals surface area contributed by atoms with Crippen molar-refractivity contribution in [2.24, 2.45) is 0 Å². The standard InChI is InChI=1S/C45H27N5S/c1-6-19-37-31(12-1)32-13-2-7-20-38(32)49(37)44-46-43(47-45(48-44)50-39-21-8-3-14-33(39)34-15-4-9-22-40(34)50)29-26-24-28(25-27-29)30-17-11-18-36-35-16-5-10-23-41(35)51-42(30)36/h1-27H/i1D,2D,3D,4D,6D,7D,8D,9D,12D,13D,14D,15D,19D,20D,21D,22D. The van der Waals surface area contributed by atoms with Crippen LogP contribution in [-0.2, 0) is 0 Å². The third-order valence-electron chi connectivity index (χ3n) is 8.94. The number of nitrogens with zero attached hydrogens (tertiary/aromatic N) is 5. The zero-order valence-electron chi connectivity index (χ0n) is 42.0. The molecule has 6 heteroatoms. The van der Waals surface area contributed by atoms with Gasteiger partial charge in [0.25, 0.3) is 0 Å². The topological polar surface area (TPSA) is 48.5 Å². The molecule has 0 amide bonds. The van der Waals surface area contributed by atoms with Crippen LogP contribution in [-0.4, -0.2) is 24.1 Å². The van der Waals surface area contributed by atoms with Gasteiger partial charge in [-0.25, -0.2) is 0 Å². The molecule has 0 aliphatic carbocycles. The molecule has 238 valence electrons. The molecule has 0 atom stereocenters. The van der Waals surface area contributed by atoms with Crippen LogP contribution in [0.5, 0.6) is 0 Å². The van der Waals surface area contributed by atoms with E-state index >= 15 is 0 Å². The van der Waals surface area contributed by atoms with E-state index in [1.54, 1.807) is 23.5 Å². The number of aromatic nitrogens is 5. The van der Waals surface area contributed by atoms with Crippen LogP contribution >= 0.6 is 11.3 Å². The van der Waals surface area contributed by atoms with Gasteiger partial charge in [-0.05, 0) is 41.4 Å². The summed E-state index contributed by atoms with van der Waals surface area (Å²) in [6.45, 7) is 0. The first-order chi connectivity index (χ1) is 31.9. The van der Waals surface area contributed by atoms with E-state index in [0.29, 0.717) is 5.56 Å². The van der Waals surface area contributed by atoms with Crippen molar-refractivity contribution in [2.45, 2.75) is 0 Å². The maximum atomic E-state index is 9.14. The molecule has 5 nitrogen and oxygen atoms in total. The lowest BCUT2D eigenvalue weighted by Crippen LogP contribution is -2.10. The minimum absolute atomic E-state index is 0.125. The van der Waals surface area contributed by atoms with Crippen molar-refractivity contribution < 1.29 is 21.9 Å². The summed E-state index contributed by atoms with van der Waals surface area (Å²) < 4.78 is 146. The van der Waals surface area contributed by atoms with Crippen molar-refractivity contribution in [3.63, 3.8) is 0 Å². The van der Waals surface area contributed by atoms with Crippen LogP contribution in [0.15, 0.2) is 163 Å². The van der Waals surface area contributed by atoms with Gasteiger partial charge in [0.2, 0.25) is 11.9 Å².